The molecule has 25 heavy (non-hydrogen) atoms. The van der Waals surface area contributed by atoms with Crippen LogP contribution in [0.4, 0.5) is 5.69 Å². The smallest absolute Gasteiger partial charge is 0.266 e. The van der Waals surface area contributed by atoms with Gasteiger partial charge in [0.2, 0.25) is 0 Å². The number of nitrogens with zero attached hydrogens (tertiary/aromatic N) is 1. The van der Waals surface area contributed by atoms with Crippen molar-refractivity contribution in [2.75, 3.05) is 4.90 Å². The van der Waals surface area contributed by atoms with Crippen LogP contribution in [0.1, 0.15) is 20.7 Å². The van der Waals surface area contributed by atoms with E-state index < -0.39 is 0 Å². The van der Waals surface area contributed by atoms with E-state index in [-0.39, 0.29) is 11.8 Å². The first-order chi connectivity index (χ1) is 12.2. The Balaban J connectivity index is 1.68. The molecule has 0 radical (unpaired) electrons. The van der Waals surface area contributed by atoms with Crippen LogP contribution in [0.2, 0.25) is 0 Å². The molecule has 0 atom stereocenters. The number of carbonyl (C=O) groups is 2. The van der Waals surface area contributed by atoms with Gasteiger partial charge in [-0.3, -0.25) is 9.59 Å². The van der Waals surface area contributed by atoms with E-state index in [0.717, 1.165) is 21.5 Å². The summed E-state index contributed by atoms with van der Waals surface area (Å²) < 4.78 is 0. The molecule has 0 saturated heterocycles. The van der Waals surface area contributed by atoms with E-state index >= 15 is 0 Å². The molecule has 3 nitrogen and oxygen atoms in total. The first-order valence-electron chi connectivity index (χ1n) is 8.13. The van der Waals surface area contributed by atoms with Crippen molar-refractivity contribution in [2.45, 2.75) is 0 Å². The summed E-state index contributed by atoms with van der Waals surface area (Å²) in [7, 11) is 0. The van der Waals surface area contributed by atoms with Crippen molar-refractivity contribution in [3.05, 3.63) is 90.0 Å². The van der Waals surface area contributed by atoms with Crippen molar-refractivity contribution in [3.63, 3.8) is 0 Å². The molecule has 0 unspecified atom stereocenters. The molecule has 1 aliphatic heterocycles. The first kappa shape index (κ1) is 13.9. The Morgan fingerprint density at radius 1 is 0.520 bits per heavy atom. The SMILES string of the molecule is O=C1c2cc3ccccc3cc2C(=O)N1c1ccc2ccccc2c1. The quantitative estimate of drug-likeness (QED) is 0.472. The summed E-state index contributed by atoms with van der Waals surface area (Å²) in [4.78, 5) is 27.1. The highest BCUT2D eigenvalue weighted by Crippen LogP contribution is 2.32. The summed E-state index contributed by atoms with van der Waals surface area (Å²) >= 11 is 0. The van der Waals surface area contributed by atoms with Crippen molar-refractivity contribution >= 4 is 39.0 Å². The van der Waals surface area contributed by atoms with Gasteiger partial charge >= 0.3 is 0 Å². The predicted molar refractivity (Wildman–Crippen MR) is 99.0 cm³/mol. The maximum Gasteiger partial charge on any atom is 0.266 e. The van der Waals surface area contributed by atoms with Gasteiger partial charge in [0, 0.05) is 0 Å². The molecule has 1 heterocycles. The second-order valence-electron chi connectivity index (χ2n) is 6.22. The zero-order chi connectivity index (χ0) is 17.0. The molecule has 0 N–H and O–H groups in total. The number of carbonyl (C=O) groups excluding carboxylic acids is 2. The predicted octanol–water partition coefficient (Wildman–Crippen LogP) is 4.79. The molecule has 4 aromatic carbocycles. The summed E-state index contributed by atoms with van der Waals surface area (Å²) in [5, 5.41) is 4.00. The number of hydrogen-bond acceptors (Lipinski definition) is 2. The van der Waals surface area contributed by atoms with Crippen LogP contribution in [0.15, 0.2) is 78.9 Å². The molecule has 0 saturated carbocycles. The summed E-state index contributed by atoms with van der Waals surface area (Å²) in [6, 6.07) is 24.9. The number of rotatable bonds is 1. The van der Waals surface area contributed by atoms with Crippen molar-refractivity contribution < 1.29 is 9.59 Å². The van der Waals surface area contributed by atoms with E-state index in [4.69, 9.17) is 0 Å². The van der Waals surface area contributed by atoms with E-state index in [2.05, 4.69) is 0 Å². The van der Waals surface area contributed by atoms with Crippen LogP contribution >= 0.6 is 0 Å². The molecule has 5 rings (SSSR count). The van der Waals surface area contributed by atoms with Crippen LogP contribution in [0.5, 0.6) is 0 Å². The molecule has 4 aromatic rings. The largest absolute Gasteiger partial charge is 0.268 e. The molecular weight excluding hydrogens is 310 g/mol. The van der Waals surface area contributed by atoms with Gasteiger partial charge in [-0.2, -0.15) is 0 Å². The third kappa shape index (κ3) is 1.99. The standard InChI is InChI=1S/C22H13NO2/c24-21-19-12-16-7-3-4-8-17(16)13-20(19)22(25)23(21)18-10-9-14-5-1-2-6-15(14)11-18/h1-13H. The first-order valence-corrected chi connectivity index (χ1v) is 8.13. The van der Waals surface area contributed by atoms with Gasteiger partial charge in [0.15, 0.2) is 0 Å². The van der Waals surface area contributed by atoms with Crippen molar-refractivity contribution in [3.8, 4) is 0 Å². The van der Waals surface area contributed by atoms with Gasteiger partial charge in [0.25, 0.3) is 11.8 Å². The third-order valence-electron chi connectivity index (χ3n) is 4.74. The Morgan fingerprint density at radius 3 is 1.56 bits per heavy atom. The monoisotopic (exact) mass is 323 g/mol. The van der Waals surface area contributed by atoms with Gasteiger partial charge in [-0.25, -0.2) is 4.90 Å². The second kappa shape index (κ2) is 5.02. The molecule has 2 amide bonds. The summed E-state index contributed by atoms with van der Waals surface area (Å²) in [5.41, 5.74) is 1.54. The minimum absolute atomic E-state index is 0.263. The number of imide groups is 1. The summed E-state index contributed by atoms with van der Waals surface area (Å²) in [6.45, 7) is 0. The van der Waals surface area contributed by atoms with Gasteiger partial charge in [-0.1, -0.05) is 54.6 Å². The summed E-state index contributed by atoms with van der Waals surface area (Å²) in [5.74, 6) is -0.526. The number of amides is 2. The van der Waals surface area contributed by atoms with Crippen molar-refractivity contribution in [1.82, 2.24) is 0 Å². The van der Waals surface area contributed by atoms with Crippen LogP contribution in [-0.4, -0.2) is 11.8 Å². The lowest BCUT2D eigenvalue weighted by molar-refractivity contribution is 0.0926. The lowest BCUT2D eigenvalue weighted by Crippen LogP contribution is -2.29. The minimum atomic E-state index is -0.263. The maximum absolute atomic E-state index is 12.9. The highest BCUT2D eigenvalue weighted by atomic mass is 16.2. The molecule has 0 bridgehead atoms. The Hall–Kier alpha value is -3.46. The Kier molecular flexibility index (Phi) is 2.80. The molecule has 3 heteroatoms. The Bertz CT molecular complexity index is 1140. The van der Waals surface area contributed by atoms with Crippen LogP contribution in [-0.2, 0) is 0 Å². The van der Waals surface area contributed by atoms with Crippen molar-refractivity contribution in [1.29, 1.82) is 0 Å². The molecule has 0 spiro atoms. The fourth-order valence-electron chi connectivity index (χ4n) is 3.48. The van der Waals surface area contributed by atoms with Gasteiger partial charge in [0.05, 0.1) is 16.8 Å². The molecule has 0 aromatic heterocycles. The molecule has 1 aliphatic rings. The molecule has 0 fully saturated rings. The maximum atomic E-state index is 12.9. The van der Waals surface area contributed by atoms with E-state index in [0.29, 0.717) is 16.8 Å². The molecular formula is C22H13NO2. The Morgan fingerprint density at radius 2 is 1.00 bits per heavy atom. The fourth-order valence-corrected chi connectivity index (χ4v) is 3.48. The topological polar surface area (TPSA) is 37.4 Å². The average Bonchev–Trinajstić information content (AvgIpc) is 2.90. The number of benzene rings is 4. The Labute approximate surface area is 144 Å². The highest BCUT2D eigenvalue weighted by molar-refractivity contribution is 6.35. The van der Waals surface area contributed by atoms with Gasteiger partial charge < -0.3 is 0 Å². The number of hydrogen-bond donors (Lipinski definition) is 0. The number of fused-ring (bicyclic) bond motifs is 3. The summed E-state index contributed by atoms with van der Waals surface area (Å²) in [6.07, 6.45) is 0. The van der Waals surface area contributed by atoms with E-state index in [1.54, 1.807) is 0 Å². The van der Waals surface area contributed by atoms with Crippen LogP contribution in [0.25, 0.3) is 21.5 Å². The second-order valence-corrected chi connectivity index (χ2v) is 6.22. The highest BCUT2D eigenvalue weighted by Gasteiger charge is 2.36. The van der Waals surface area contributed by atoms with Crippen LogP contribution in [0.3, 0.4) is 0 Å². The zero-order valence-electron chi connectivity index (χ0n) is 13.3. The lowest BCUT2D eigenvalue weighted by Gasteiger charge is -2.14. The molecule has 118 valence electrons. The van der Waals surface area contributed by atoms with Gasteiger partial charge in [-0.05, 0) is 45.8 Å². The van der Waals surface area contributed by atoms with Crippen LogP contribution < -0.4 is 4.90 Å². The van der Waals surface area contributed by atoms with E-state index in [1.807, 2.05) is 78.9 Å². The minimum Gasteiger partial charge on any atom is -0.268 e. The third-order valence-corrected chi connectivity index (χ3v) is 4.74. The normalized spacial score (nSPS) is 13.7. The van der Waals surface area contributed by atoms with Gasteiger partial charge in [-0.15, -0.1) is 0 Å². The van der Waals surface area contributed by atoms with Crippen LogP contribution in [0, 0.1) is 0 Å². The van der Waals surface area contributed by atoms with Crippen molar-refractivity contribution in [2.24, 2.45) is 0 Å². The fraction of sp³-hybridized carbons (Fsp3) is 0. The average molecular weight is 323 g/mol. The van der Waals surface area contributed by atoms with Gasteiger partial charge in [0.1, 0.15) is 0 Å². The number of anilines is 1. The molecule has 0 aliphatic carbocycles. The lowest BCUT2D eigenvalue weighted by atomic mass is 10.0. The zero-order valence-corrected chi connectivity index (χ0v) is 13.3. The van der Waals surface area contributed by atoms with E-state index in [9.17, 15) is 9.59 Å². The van der Waals surface area contributed by atoms with E-state index in [1.165, 1.54) is 4.90 Å².